The first-order valence-corrected chi connectivity index (χ1v) is 5.70. The lowest BCUT2D eigenvalue weighted by atomic mass is 10.1. The third-order valence-corrected chi connectivity index (χ3v) is 3.09. The molecule has 1 heterocycles. The molecule has 0 aliphatic rings. The van der Waals surface area contributed by atoms with E-state index >= 15 is 0 Å². The highest BCUT2D eigenvalue weighted by atomic mass is 35.5. The molecule has 1 aromatic carbocycles. The largest absolute Gasteiger partial charge is 0.453 e. The Morgan fingerprint density at radius 2 is 2.00 bits per heavy atom. The highest BCUT2D eigenvalue weighted by molar-refractivity contribution is 6.31. The van der Waals surface area contributed by atoms with Gasteiger partial charge in [0.15, 0.2) is 5.22 Å². The molecule has 90 valence electrons. The molecule has 0 radical (unpaired) electrons. The molecule has 0 N–H and O–H groups in total. The van der Waals surface area contributed by atoms with Crippen LogP contribution in [-0.2, 0) is 6.42 Å². The standard InChI is InChI=1S/C12H8Cl2F2O/c13-10(9-3-4-17-12(9)14)5-7-1-2-8(15)6-11(7)16/h1-4,6,10H,5H2. The zero-order chi connectivity index (χ0) is 12.4. The number of alkyl halides is 1. The average molecular weight is 277 g/mol. The molecular formula is C12H8Cl2F2O. The number of hydrogen-bond donors (Lipinski definition) is 0. The number of benzene rings is 1. The van der Waals surface area contributed by atoms with Crippen molar-refractivity contribution in [3.8, 4) is 0 Å². The second-order valence-corrected chi connectivity index (χ2v) is 4.43. The quantitative estimate of drug-likeness (QED) is 0.739. The summed E-state index contributed by atoms with van der Waals surface area (Å²) in [4.78, 5) is 0. The first-order valence-electron chi connectivity index (χ1n) is 4.89. The summed E-state index contributed by atoms with van der Waals surface area (Å²) in [6.45, 7) is 0. The number of furan rings is 1. The molecule has 0 saturated carbocycles. The second-order valence-electron chi connectivity index (χ2n) is 3.56. The van der Waals surface area contributed by atoms with Gasteiger partial charge in [-0.15, -0.1) is 11.6 Å². The van der Waals surface area contributed by atoms with E-state index in [9.17, 15) is 8.78 Å². The Balaban J connectivity index is 2.19. The summed E-state index contributed by atoms with van der Waals surface area (Å²) >= 11 is 11.9. The van der Waals surface area contributed by atoms with Crippen molar-refractivity contribution < 1.29 is 13.2 Å². The molecule has 5 heteroatoms. The first kappa shape index (κ1) is 12.4. The predicted octanol–water partition coefficient (Wildman–Crippen LogP) is 4.73. The average Bonchev–Trinajstić information content (AvgIpc) is 2.68. The van der Waals surface area contributed by atoms with Crippen molar-refractivity contribution in [1.82, 2.24) is 0 Å². The Bertz CT molecular complexity index is 525. The first-order chi connectivity index (χ1) is 8.08. The molecule has 0 spiro atoms. The van der Waals surface area contributed by atoms with E-state index in [0.29, 0.717) is 11.1 Å². The zero-order valence-electron chi connectivity index (χ0n) is 8.59. The Hall–Kier alpha value is -1.06. The summed E-state index contributed by atoms with van der Waals surface area (Å²) in [7, 11) is 0. The van der Waals surface area contributed by atoms with Crippen LogP contribution in [0.2, 0.25) is 5.22 Å². The van der Waals surface area contributed by atoms with E-state index < -0.39 is 17.0 Å². The summed E-state index contributed by atoms with van der Waals surface area (Å²) in [5.41, 5.74) is 0.931. The van der Waals surface area contributed by atoms with Crippen LogP contribution in [0.15, 0.2) is 34.9 Å². The van der Waals surface area contributed by atoms with Gasteiger partial charge in [-0.1, -0.05) is 6.07 Å². The van der Waals surface area contributed by atoms with Gasteiger partial charge in [0, 0.05) is 11.6 Å². The maximum atomic E-state index is 13.4. The van der Waals surface area contributed by atoms with Crippen molar-refractivity contribution in [2.24, 2.45) is 0 Å². The minimum absolute atomic E-state index is 0.188. The summed E-state index contributed by atoms with van der Waals surface area (Å²) in [6, 6.07) is 5.02. The molecule has 2 aromatic rings. The van der Waals surface area contributed by atoms with Crippen molar-refractivity contribution >= 4 is 23.2 Å². The molecule has 1 nitrogen and oxygen atoms in total. The topological polar surface area (TPSA) is 13.1 Å². The third-order valence-electron chi connectivity index (χ3n) is 2.40. The lowest BCUT2D eigenvalue weighted by Crippen LogP contribution is -1.98. The normalized spacial score (nSPS) is 12.7. The fourth-order valence-corrected chi connectivity index (χ4v) is 2.16. The van der Waals surface area contributed by atoms with Gasteiger partial charge in [-0.05, 0) is 35.7 Å². The van der Waals surface area contributed by atoms with E-state index in [1.54, 1.807) is 6.07 Å². The van der Waals surface area contributed by atoms with E-state index in [-0.39, 0.29) is 11.6 Å². The Kier molecular flexibility index (Phi) is 3.69. The van der Waals surface area contributed by atoms with E-state index in [0.717, 1.165) is 6.07 Å². The maximum absolute atomic E-state index is 13.4. The van der Waals surface area contributed by atoms with Gasteiger partial charge in [0.25, 0.3) is 0 Å². The fourth-order valence-electron chi connectivity index (χ4n) is 1.52. The molecule has 17 heavy (non-hydrogen) atoms. The SMILES string of the molecule is Fc1ccc(CC(Cl)c2ccoc2Cl)c(F)c1. The van der Waals surface area contributed by atoms with Crippen molar-refractivity contribution in [1.29, 1.82) is 0 Å². The predicted molar refractivity (Wildman–Crippen MR) is 62.4 cm³/mol. The Morgan fingerprint density at radius 3 is 2.59 bits per heavy atom. The summed E-state index contributed by atoms with van der Waals surface area (Å²) in [6.07, 6.45) is 1.63. The van der Waals surface area contributed by atoms with E-state index in [1.165, 1.54) is 18.4 Å². The van der Waals surface area contributed by atoms with Crippen molar-refractivity contribution in [3.63, 3.8) is 0 Å². The van der Waals surface area contributed by atoms with E-state index in [2.05, 4.69) is 0 Å². The van der Waals surface area contributed by atoms with Gasteiger partial charge in [-0.2, -0.15) is 0 Å². The number of halogens is 4. The Labute approximate surface area is 107 Å². The van der Waals surface area contributed by atoms with Gasteiger partial charge in [0.05, 0.1) is 11.6 Å². The van der Waals surface area contributed by atoms with Crippen LogP contribution in [0.25, 0.3) is 0 Å². The third kappa shape index (κ3) is 2.79. The number of rotatable bonds is 3. The van der Waals surface area contributed by atoms with Crippen LogP contribution in [0.5, 0.6) is 0 Å². The maximum Gasteiger partial charge on any atom is 0.197 e. The minimum atomic E-state index is -0.615. The molecule has 1 atom stereocenters. The highest BCUT2D eigenvalue weighted by Crippen LogP contribution is 2.32. The molecule has 0 saturated heterocycles. The summed E-state index contributed by atoms with van der Waals surface area (Å²) in [5, 5.41) is -0.325. The van der Waals surface area contributed by atoms with Gasteiger partial charge in [-0.3, -0.25) is 0 Å². The van der Waals surface area contributed by atoms with Crippen molar-refractivity contribution in [3.05, 3.63) is 58.5 Å². The molecule has 0 aliphatic carbocycles. The fraction of sp³-hybridized carbons (Fsp3) is 0.167. The molecule has 1 aromatic heterocycles. The molecule has 0 bridgehead atoms. The van der Waals surface area contributed by atoms with Crippen LogP contribution in [-0.4, -0.2) is 0 Å². The lowest BCUT2D eigenvalue weighted by Gasteiger charge is -2.08. The molecule has 2 rings (SSSR count). The smallest absolute Gasteiger partial charge is 0.197 e. The van der Waals surface area contributed by atoms with Crippen LogP contribution in [0.1, 0.15) is 16.5 Å². The van der Waals surface area contributed by atoms with Gasteiger partial charge < -0.3 is 4.42 Å². The van der Waals surface area contributed by atoms with Crippen LogP contribution in [0.3, 0.4) is 0 Å². The van der Waals surface area contributed by atoms with Gasteiger partial charge in [0.1, 0.15) is 11.6 Å². The lowest BCUT2D eigenvalue weighted by molar-refractivity contribution is 0.561. The summed E-state index contributed by atoms with van der Waals surface area (Å²) in [5.74, 6) is -1.23. The molecule has 0 aliphatic heterocycles. The van der Waals surface area contributed by atoms with Crippen LogP contribution >= 0.6 is 23.2 Å². The number of hydrogen-bond acceptors (Lipinski definition) is 1. The molecule has 0 fully saturated rings. The second kappa shape index (κ2) is 5.07. The summed E-state index contributed by atoms with van der Waals surface area (Å²) < 4.78 is 31.0. The van der Waals surface area contributed by atoms with Crippen molar-refractivity contribution in [2.45, 2.75) is 11.8 Å². The van der Waals surface area contributed by atoms with Gasteiger partial charge in [-0.25, -0.2) is 8.78 Å². The van der Waals surface area contributed by atoms with Gasteiger partial charge in [0.2, 0.25) is 0 Å². The molecule has 1 unspecified atom stereocenters. The molecule has 0 amide bonds. The van der Waals surface area contributed by atoms with Crippen molar-refractivity contribution in [2.75, 3.05) is 0 Å². The zero-order valence-corrected chi connectivity index (χ0v) is 10.1. The van der Waals surface area contributed by atoms with Crippen LogP contribution in [0, 0.1) is 11.6 Å². The van der Waals surface area contributed by atoms with Gasteiger partial charge >= 0.3 is 0 Å². The van der Waals surface area contributed by atoms with E-state index in [1.807, 2.05) is 0 Å². The minimum Gasteiger partial charge on any atom is -0.453 e. The van der Waals surface area contributed by atoms with E-state index in [4.69, 9.17) is 27.6 Å². The highest BCUT2D eigenvalue weighted by Gasteiger charge is 2.17. The molecular weight excluding hydrogens is 269 g/mol. The van der Waals surface area contributed by atoms with Crippen LogP contribution < -0.4 is 0 Å². The monoisotopic (exact) mass is 276 g/mol. The van der Waals surface area contributed by atoms with Crippen LogP contribution in [0.4, 0.5) is 8.78 Å². The Morgan fingerprint density at radius 1 is 1.24 bits per heavy atom.